The van der Waals surface area contributed by atoms with E-state index in [-0.39, 0.29) is 6.03 Å². The van der Waals surface area contributed by atoms with Crippen molar-refractivity contribution in [2.45, 2.75) is 6.61 Å². The van der Waals surface area contributed by atoms with Crippen LogP contribution < -0.4 is 20.1 Å². The largest absolute Gasteiger partial charge is 0.492 e. The molecule has 0 aliphatic rings. The zero-order valence-electron chi connectivity index (χ0n) is 15.2. The summed E-state index contributed by atoms with van der Waals surface area (Å²) in [5, 5.41) is 6.12. The number of halogens is 1. The smallest absolute Gasteiger partial charge is 0.319 e. The fourth-order valence-electron chi connectivity index (χ4n) is 2.44. The van der Waals surface area contributed by atoms with Gasteiger partial charge < -0.3 is 20.1 Å². The summed E-state index contributed by atoms with van der Waals surface area (Å²) in [5.41, 5.74) is 1.78. The molecule has 0 aliphatic heterocycles. The molecule has 0 unspecified atom stereocenters. The second kappa shape index (κ2) is 10.2. The molecule has 3 aromatic rings. The van der Waals surface area contributed by atoms with Crippen molar-refractivity contribution in [3.8, 4) is 11.5 Å². The van der Waals surface area contributed by atoms with Crippen molar-refractivity contribution < 1.29 is 14.3 Å². The Morgan fingerprint density at radius 3 is 2.39 bits per heavy atom. The second-order valence-electron chi connectivity index (χ2n) is 5.99. The summed E-state index contributed by atoms with van der Waals surface area (Å²) in [6.07, 6.45) is 0. The van der Waals surface area contributed by atoms with E-state index in [0.717, 1.165) is 11.3 Å². The number of ether oxygens (including phenoxy) is 2. The van der Waals surface area contributed by atoms with E-state index in [4.69, 9.17) is 21.1 Å². The van der Waals surface area contributed by atoms with Crippen LogP contribution in [0.4, 0.5) is 10.5 Å². The van der Waals surface area contributed by atoms with Crippen LogP contribution in [0.2, 0.25) is 5.02 Å². The average Bonchev–Trinajstić information content (AvgIpc) is 2.72. The third kappa shape index (κ3) is 6.52. The first kappa shape index (κ1) is 19.6. The Hall–Kier alpha value is -3.18. The molecule has 2 N–H and O–H groups in total. The van der Waals surface area contributed by atoms with Gasteiger partial charge in [0.1, 0.15) is 24.7 Å². The van der Waals surface area contributed by atoms with Crippen LogP contribution in [0.15, 0.2) is 78.9 Å². The van der Waals surface area contributed by atoms with Gasteiger partial charge in [0.15, 0.2) is 0 Å². The van der Waals surface area contributed by atoms with E-state index in [1.165, 1.54) is 0 Å². The number of hydrogen-bond acceptors (Lipinski definition) is 3. The number of carbonyl (C=O) groups excluding carboxylic acids is 1. The van der Waals surface area contributed by atoms with Gasteiger partial charge >= 0.3 is 6.03 Å². The molecular weight excluding hydrogens is 376 g/mol. The number of rotatable bonds is 8. The maximum Gasteiger partial charge on any atom is 0.319 e. The van der Waals surface area contributed by atoms with Crippen LogP contribution in [-0.4, -0.2) is 19.2 Å². The summed E-state index contributed by atoms with van der Waals surface area (Å²) in [5.74, 6) is 1.41. The van der Waals surface area contributed by atoms with Gasteiger partial charge in [-0.1, -0.05) is 48.0 Å². The highest BCUT2D eigenvalue weighted by atomic mass is 35.5. The van der Waals surface area contributed by atoms with Crippen LogP contribution in [-0.2, 0) is 6.61 Å². The summed E-state index contributed by atoms with van der Waals surface area (Å²) < 4.78 is 11.3. The normalized spacial score (nSPS) is 10.2. The molecule has 0 saturated heterocycles. The Balaban J connectivity index is 1.37. The summed E-state index contributed by atoms with van der Waals surface area (Å²) in [4.78, 5) is 11.9. The van der Waals surface area contributed by atoms with Crippen molar-refractivity contribution in [3.05, 3.63) is 89.4 Å². The number of benzene rings is 3. The third-order valence-corrected chi connectivity index (χ3v) is 4.05. The van der Waals surface area contributed by atoms with Crippen molar-refractivity contribution >= 4 is 23.3 Å². The zero-order chi connectivity index (χ0) is 19.6. The van der Waals surface area contributed by atoms with Gasteiger partial charge in [-0.3, -0.25) is 0 Å². The molecule has 0 radical (unpaired) electrons. The van der Waals surface area contributed by atoms with Gasteiger partial charge in [-0.15, -0.1) is 0 Å². The van der Waals surface area contributed by atoms with Gasteiger partial charge in [-0.05, 0) is 48.0 Å². The highest BCUT2D eigenvalue weighted by Crippen LogP contribution is 2.18. The van der Waals surface area contributed by atoms with Crippen LogP contribution in [0.3, 0.4) is 0 Å². The zero-order valence-corrected chi connectivity index (χ0v) is 16.0. The maximum absolute atomic E-state index is 11.9. The van der Waals surface area contributed by atoms with Crippen molar-refractivity contribution in [2.75, 3.05) is 18.5 Å². The van der Waals surface area contributed by atoms with Gasteiger partial charge in [0, 0.05) is 10.7 Å². The number of amides is 2. The van der Waals surface area contributed by atoms with Crippen LogP contribution in [0.1, 0.15) is 5.56 Å². The Bertz CT molecular complexity index is 886. The molecule has 3 aromatic carbocycles. The lowest BCUT2D eigenvalue weighted by Crippen LogP contribution is -2.32. The lowest BCUT2D eigenvalue weighted by atomic mass is 10.2. The molecule has 0 fully saturated rings. The first-order valence-corrected chi connectivity index (χ1v) is 9.27. The van der Waals surface area contributed by atoms with Crippen LogP contribution >= 0.6 is 11.6 Å². The topological polar surface area (TPSA) is 59.6 Å². The molecule has 0 aliphatic carbocycles. The van der Waals surface area contributed by atoms with Gasteiger partial charge in [-0.2, -0.15) is 0 Å². The molecule has 144 valence electrons. The van der Waals surface area contributed by atoms with Crippen LogP contribution in [0.5, 0.6) is 11.5 Å². The third-order valence-electron chi connectivity index (χ3n) is 3.81. The Morgan fingerprint density at radius 2 is 1.64 bits per heavy atom. The van der Waals surface area contributed by atoms with E-state index in [1.54, 1.807) is 24.3 Å². The fourth-order valence-corrected chi connectivity index (χ4v) is 2.62. The molecule has 0 bridgehead atoms. The highest BCUT2D eigenvalue weighted by Gasteiger charge is 2.03. The molecule has 6 heteroatoms. The van der Waals surface area contributed by atoms with Crippen LogP contribution in [0.25, 0.3) is 0 Å². The first-order valence-electron chi connectivity index (χ1n) is 8.89. The molecule has 2 amide bonds. The minimum atomic E-state index is -0.298. The molecule has 0 atom stereocenters. The Morgan fingerprint density at radius 1 is 0.857 bits per heavy atom. The predicted octanol–water partition coefficient (Wildman–Crippen LogP) is 5.12. The second-order valence-corrected chi connectivity index (χ2v) is 6.42. The van der Waals surface area contributed by atoms with E-state index in [2.05, 4.69) is 10.6 Å². The molecular formula is C22H21ClN2O3. The molecule has 3 rings (SSSR count). The molecule has 5 nitrogen and oxygen atoms in total. The van der Waals surface area contributed by atoms with E-state index < -0.39 is 0 Å². The number of urea groups is 1. The SMILES string of the molecule is O=C(NCCOc1cccc(Cl)c1)Nc1ccc(OCc2ccccc2)cc1. The Labute approximate surface area is 169 Å². The van der Waals surface area contributed by atoms with E-state index in [1.807, 2.05) is 54.6 Å². The number of carbonyl (C=O) groups is 1. The minimum absolute atomic E-state index is 0.298. The van der Waals surface area contributed by atoms with Gasteiger partial charge in [0.05, 0.1) is 6.54 Å². The molecule has 28 heavy (non-hydrogen) atoms. The molecule has 0 aromatic heterocycles. The quantitative estimate of drug-likeness (QED) is 0.519. The van der Waals surface area contributed by atoms with E-state index in [9.17, 15) is 4.79 Å². The summed E-state index contributed by atoms with van der Waals surface area (Å²) in [6.45, 7) is 1.22. The summed E-state index contributed by atoms with van der Waals surface area (Å²) in [7, 11) is 0. The fraction of sp³-hybridized carbons (Fsp3) is 0.136. The van der Waals surface area contributed by atoms with Gasteiger partial charge in [0.25, 0.3) is 0 Å². The van der Waals surface area contributed by atoms with E-state index >= 15 is 0 Å². The molecule has 0 spiro atoms. The van der Waals surface area contributed by atoms with Crippen molar-refractivity contribution in [1.29, 1.82) is 0 Å². The van der Waals surface area contributed by atoms with Crippen molar-refractivity contribution in [1.82, 2.24) is 5.32 Å². The number of hydrogen-bond donors (Lipinski definition) is 2. The highest BCUT2D eigenvalue weighted by molar-refractivity contribution is 6.30. The minimum Gasteiger partial charge on any atom is -0.492 e. The first-order chi connectivity index (χ1) is 13.7. The number of nitrogens with one attached hydrogen (secondary N) is 2. The van der Waals surface area contributed by atoms with Crippen molar-refractivity contribution in [3.63, 3.8) is 0 Å². The summed E-state index contributed by atoms with van der Waals surface area (Å²) >= 11 is 5.89. The van der Waals surface area contributed by atoms with Crippen molar-refractivity contribution in [2.24, 2.45) is 0 Å². The number of anilines is 1. The van der Waals surface area contributed by atoms with Gasteiger partial charge in [0.2, 0.25) is 0 Å². The van der Waals surface area contributed by atoms with Crippen LogP contribution in [0, 0.1) is 0 Å². The average molecular weight is 397 g/mol. The van der Waals surface area contributed by atoms with Gasteiger partial charge in [-0.25, -0.2) is 4.79 Å². The maximum atomic E-state index is 11.9. The Kier molecular flexibility index (Phi) is 7.15. The lowest BCUT2D eigenvalue weighted by Gasteiger charge is -2.10. The lowest BCUT2D eigenvalue weighted by molar-refractivity contribution is 0.247. The summed E-state index contributed by atoms with van der Waals surface area (Å²) in [6, 6.07) is 24.0. The molecule has 0 heterocycles. The predicted molar refractivity (Wildman–Crippen MR) is 111 cm³/mol. The van der Waals surface area contributed by atoms with E-state index in [0.29, 0.717) is 36.2 Å². The standard InChI is InChI=1S/C22H21ClN2O3/c23-18-7-4-8-21(15-18)27-14-13-24-22(26)25-19-9-11-20(12-10-19)28-16-17-5-2-1-3-6-17/h1-12,15H,13-14,16H2,(H2,24,25,26). The molecule has 0 saturated carbocycles. The monoisotopic (exact) mass is 396 g/mol.